The van der Waals surface area contributed by atoms with Gasteiger partial charge in [-0.2, -0.15) is 0 Å². The van der Waals surface area contributed by atoms with Gasteiger partial charge < -0.3 is 0 Å². The summed E-state index contributed by atoms with van der Waals surface area (Å²) >= 11 is 0. The second-order valence-electron chi connectivity index (χ2n) is 3.73. The average molecular weight is 185 g/mol. The van der Waals surface area contributed by atoms with E-state index in [0.717, 1.165) is 17.6 Å². The Kier molecular flexibility index (Phi) is 2.49. The molecular formula is C13H15N. The van der Waals surface area contributed by atoms with E-state index >= 15 is 0 Å². The zero-order chi connectivity index (χ0) is 9.97. The van der Waals surface area contributed by atoms with Gasteiger partial charge in [-0.25, -0.2) is 0 Å². The lowest BCUT2D eigenvalue weighted by molar-refractivity contribution is 0.923. The molecule has 0 aliphatic rings. The summed E-state index contributed by atoms with van der Waals surface area (Å²) in [7, 11) is 0. The molecule has 0 bridgehead atoms. The van der Waals surface area contributed by atoms with Crippen LogP contribution in [0.3, 0.4) is 0 Å². The molecule has 0 radical (unpaired) electrons. The largest absolute Gasteiger partial charge is 0.253 e. The van der Waals surface area contributed by atoms with Crippen molar-refractivity contribution >= 4 is 10.9 Å². The van der Waals surface area contributed by atoms with E-state index < -0.39 is 0 Å². The average Bonchev–Trinajstić information content (AvgIpc) is 2.19. The van der Waals surface area contributed by atoms with Crippen LogP contribution in [0.5, 0.6) is 0 Å². The van der Waals surface area contributed by atoms with Gasteiger partial charge in [0.25, 0.3) is 0 Å². The summed E-state index contributed by atoms with van der Waals surface area (Å²) in [6, 6.07) is 10.8. The number of fused-ring (bicyclic) bond motifs is 1. The Hall–Kier alpha value is -1.37. The minimum absolute atomic E-state index is 1.08. The molecular weight excluding hydrogens is 170 g/mol. The highest BCUT2D eigenvalue weighted by molar-refractivity contribution is 5.79. The first kappa shape index (κ1) is 9.20. The van der Waals surface area contributed by atoms with Crippen molar-refractivity contribution in [2.75, 3.05) is 0 Å². The molecule has 0 saturated heterocycles. The van der Waals surface area contributed by atoms with Crippen molar-refractivity contribution in [3.8, 4) is 0 Å². The van der Waals surface area contributed by atoms with Crippen LogP contribution in [0.15, 0.2) is 30.3 Å². The SMILES string of the molecule is CCCc1ccc2nc(C)ccc2c1. The third kappa shape index (κ3) is 1.77. The number of hydrogen-bond acceptors (Lipinski definition) is 1. The van der Waals surface area contributed by atoms with E-state index in [1.807, 2.05) is 6.92 Å². The van der Waals surface area contributed by atoms with Crippen molar-refractivity contribution in [3.05, 3.63) is 41.6 Å². The molecule has 2 aromatic rings. The molecule has 0 amide bonds. The summed E-state index contributed by atoms with van der Waals surface area (Å²) in [5.41, 5.74) is 3.59. The minimum atomic E-state index is 1.08. The minimum Gasteiger partial charge on any atom is -0.253 e. The molecule has 0 atom stereocenters. The predicted octanol–water partition coefficient (Wildman–Crippen LogP) is 3.50. The monoisotopic (exact) mass is 185 g/mol. The Labute approximate surface area is 84.8 Å². The highest BCUT2D eigenvalue weighted by Gasteiger charge is 1.97. The molecule has 14 heavy (non-hydrogen) atoms. The van der Waals surface area contributed by atoms with Crippen molar-refractivity contribution in [1.82, 2.24) is 4.98 Å². The molecule has 0 spiro atoms. The van der Waals surface area contributed by atoms with Crippen molar-refractivity contribution in [2.24, 2.45) is 0 Å². The Bertz CT molecular complexity index is 446. The van der Waals surface area contributed by atoms with E-state index in [-0.39, 0.29) is 0 Å². The Morgan fingerprint density at radius 2 is 2.00 bits per heavy atom. The van der Waals surface area contributed by atoms with Gasteiger partial charge in [-0.3, -0.25) is 4.98 Å². The van der Waals surface area contributed by atoms with Crippen LogP contribution < -0.4 is 0 Å². The van der Waals surface area contributed by atoms with E-state index in [4.69, 9.17) is 0 Å². The Morgan fingerprint density at radius 1 is 1.14 bits per heavy atom. The van der Waals surface area contributed by atoms with Crippen LogP contribution in [0.1, 0.15) is 24.6 Å². The van der Waals surface area contributed by atoms with Gasteiger partial charge in [0.15, 0.2) is 0 Å². The lowest BCUT2D eigenvalue weighted by Crippen LogP contribution is -1.86. The van der Waals surface area contributed by atoms with Crippen LogP contribution in [0.4, 0.5) is 0 Å². The molecule has 1 nitrogen and oxygen atoms in total. The zero-order valence-corrected chi connectivity index (χ0v) is 8.75. The summed E-state index contributed by atoms with van der Waals surface area (Å²) in [5, 5.41) is 1.25. The molecule has 0 aliphatic heterocycles. The molecule has 0 aliphatic carbocycles. The third-order valence-electron chi connectivity index (χ3n) is 2.43. The lowest BCUT2D eigenvalue weighted by atomic mass is 10.1. The first-order chi connectivity index (χ1) is 6.79. The molecule has 0 fully saturated rings. The second kappa shape index (κ2) is 3.79. The fraction of sp³-hybridized carbons (Fsp3) is 0.308. The molecule has 0 unspecified atom stereocenters. The van der Waals surface area contributed by atoms with E-state index in [2.05, 4.69) is 42.2 Å². The van der Waals surface area contributed by atoms with Gasteiger partial charge in [-0.05, 0) is 37.1 Å². The van der Waals surface area contributed by atoms with E-state index in [1.54, 1.807) is 0 Å². The zero-order valence-electron chi connectivity index (χ0n) is 8.75. The quantitative estimate of drug-likeness (QED) is 0.697. The number of hydrogen-bond donors (Lipinski definition) is 0. The number of nitrogens with zero attached hydrogens (tertiary/aromatic N) is 1. The molecule has 1 heterocycles. The fourth-order valence-corrected chi connectivity index (χ4v) is 1.72. The van der Waals surface area contributed by atoms with Gasteiger partial charge in [0, 0.05) is 11.1 Å². The van der Waals surface area contributed by atoms with E-state index in [0.29, 0.717) is 0 Å². The molecule has 1 heteroatoms. The van der Waals surface area contributed by atoms with Crippen LogP contribution in [0, 0.1) is 6.92 Å². The summed E-state index contributed by atoms with van der Waals surface area (Å²) < 4.78 is 0. The first-order valence-corrected chi connectivity index (χ1v) is 5.16. The maximum Gasteiger partial charge on any atom is 0.0705 e. The smallest absolute Gasteiger partial charge is 0.0705 e. The number of aromatic nitrogens is 1. The molecule has 1 aromatic carbocycles. The lowest BCUT2D eigenvalue weighted by Gasteiger charge is -2.02. The number of pyridine rings is 1. The Balaban J connectivity index is 2.50. The summed E-state index contributed by atoms with van der Waals surface area (Å²) in [4.78, 5) is 4.48. The topological polar surface area (TPSA) is 12.9 Å². The maximum absolute atomic E-state index is 4.48. The van der Waals surface area contributed by atoms with Crippen LogP contribution in [-0.2, 0) is 6.42 Å². The van der Waals surface area contributed by atoms with Crippen molar-refractivity contribution in [1.29, 1.82) is 0 Å². The molecule has 72 valence electrons. The second-order valence-corrected chi connectivity index (χ2v) is 3.73. The summed E-state index contributed by atoms with van der Waals surface area (Å²) in [5.74, 6) is 0. The van der Waals surface area contributed by atoms with Gasteiger partial charge >= 0.3 is 0 Å². The number of aryl methyl sites for hydroxylation is 2. The van der Waals surface area contributed by atoms with Gasteiger partial charge in [0.2, 0.25) is 0 Å². The fourth-order valence-electron chi connectivity index (χ4n) is 1.72. The highest BCUT2D eigenvalue weighted by Crippen LogP contribution is 2.15. The summed E-state index contributed by atoms with van der Waals surface area (Å²) in [6.07, 6.45) is 2.36. The standard InChI is InChI=1S/C13H15N/c1-3-4-11-6-8-13-12(9-11)7-5-10(2)14-13/h5-9H,3-4H2,1-2H3. The first-order valence-electron chi connectivity index (χ1n) is 5.16. The maximum atomic E-state index is 4.48. The van der Waals surface area contributed by atoms with Gasteiger partial charge in [-0.15, -0.1) is 0 Å². The molecule has 2 rings (SSSR count). The van der Waals surface area contributed by atoms with Crippen molar-refractivity contribution in [2.45, 2.75) is 26.7 Å². The van der Waals surface area contributed by atoms with Crippen molar-refractivity contribution in [3.63, 3.8) is 0 Å². The molecule has 0 saturated carbocycles. The van der Waals surface area contributed by atoms with E-state index in [1.165, 1.54) is 17.4 Å². The number of benzene rings is 1. The van der Waals surface area contributed by atoms with Crippen LogP contribution in [-0.4, -0.2) is 4.98 Å². The third-order valence-corrected chi connectivity index (χ3v) is 2.43. The van der Waals surface area contributed by atoms with Gasteiger partial charge in [-0.1, -0.05) is 25.5 Å². The molecule has 1 aromatic heterocycles. The molecule has 0 N–H and O–H groups in total. The van der Waals surface area contributed by atoms with Gasteiger partial charge in [0.1, 0.15) is 0 Å². The van der Waals surface area contributed by atoms with Gasteiger partial charge in [0.05, 0.1) is 5.52 Å². The normalized spacial score (nSPS) is 10.7. The van der Waals surface area contributed by atoms with Crippen LogP contribution in [0.2, 0.25) is 0 Å². The number of rotatable bonds is 2. The van der Waals surface area contributed by atoms with Crippen molar-refractivity contribution < 1.29 is 0 Å². The Morgan fingerprint density at radius 3 is 2.79 bits per heavy atom. The summed E-state index contributed by atoms with van der Waals surface area (Å²) in [6.45, 7) is 4.23. The predicted molar refractivity (Wildman–Crippen MR) is 60.5 cm³/mol. The van der Waals surface area contributed by atoms with E-state index in [9.17, 15) is 0 Å². The highest BCUT2D eigenvalue weighted by atomic mass is 14.7. The van der Waals surface area contributed by atoms with Crippen LogP contribution >= 0.6 is 0 Å². The van der Waals surface area contributed by atoms with Crippen LogP contribution in [0.25, 0.3) is 10.9 Å².